The second-order valence-electron chi connectivity index (χ2n) is 7.15. The molecule has 0 radical (unpaired) electrons. The normalized spacial score (nSPS) is 22.4. The molecule has 7 nitrogen and oxygen atoms in total. The Hall–Kier alpha value is -2.41. The second-order valence-corrected chi connectivity index (χ2v) is 7.15. The molecule has 2 saturated heterocycles. The van der Waals surface area contributed by atoms with Gasteiger partial charge in [-0.2, -0.15) is 0 Å². The van der Waals surface area contributed by atoms with Crippen molar-refractivity contribution in [2.45, 2.75) is 57.1 Å². The molecule has 2 amide bonds. The number of amides is 2. The van der Waals surface area contributed by atoms with Gasteiger partial charge in [-0.05, 0) is 56.7 Å². The summed E-state index contributed by atoms with van der Waals surface area (Å²) in [5, 5.41) is 11.8. The molecule has 2 aliphatic heterocycles. The van der Waals surface area contributed by atoms with Gasteiger partial charge >= 0.3 is 5.97 Å². The number of carboxylic acid groups (broad SMARTS) is 1. The predicted octanol–water partition coefficient (Wildman–Crippen LogP) is 2.66. The Kier molecular flexibility index (Phi) is 6.45. The van der Waals surface area contributed by atoms with E-state index in [4.69, 9.17) is 9.84 Å². The van der Waals surface area contributed by atoms with E-state index in [9.17, 15) is 14.4 Å². The third kappa shape index (κ3) is 5.07. The SMILES string of the molecule is O=C(O)CCC1CCCCN1C(=O)c1cccc(NC(=O)C2CCCO2)c1. The minimum atomic E-state index is -0.841. The van der Waals surface area contributed by atoms with Gasteiger partial charge < -0.3 is 20.1 Å². The Balaban J connectivity index is 1.67. The molecule has 2 N–H and O–H groups in total. The maximum absolute atomic E-state index is 13.0. The maximum atomic E-state index is 13.0. The fourth-order valence-electron chi connectivity index (χ4n) is 3.76. The molecule has 1 aromatic rings. The van der Waals surface area contributed by atoms with E-state index in [0.29, 0.717) is 37.2 Å². The standard InChI is InChI=1S/C20H26N2O5/c23-18(24)10-9-16-7-1-2-11-22(16)20(26)14-5-3-6-15(13-14)21-19(25)17-8-4-12-27-17/h3,5-6,13,16-17H,1-2,4,7-12H2,(H,21,25)(H,23,24). The molecule has 2 aliphatic rings. The molecule has 27 heavy (non-hydrogen) atoms. The number of nitrogens with zero attached hydrogens (tertiary/aromatic N) is 1. The molecular formula is C20H26N2O5. The van der Waals surface area contributed by atoms with Crippen molar-refractivity contribution in [1.29, 1.82) is 0 Å². The van der Waals surface area contributed by atoms with E-state index in [0.717, 1.165) is 25.7 Å². The van der Waals surface area contributed by atoms with Crippen LogP contribution < -0.4 is 5.32 Å². The molecule has 1 aromatic carbocycles. The number of nitrogens with one attached hydrogen (secondary N) is 1. The van der Waals surface area contributed by atoms with Crippen LogP contribution in [0.4, 0.5) is 5.69 Å². The van der Waals surface area contributed by atoms with Crippen LogP contribution in [0, 0.1) is 0 Å². The smallest absolute Gasteiger partial charge is 0.303 e. The number of rotatable bonds is 6. The van der Waals surface area contributed by atoms with Gasteiger partial charge in [0.25, 0.3) is 11.8 Å². The molecule has 2 heterocycles. The number of benzene rings is 1. The molecule has 0 aliphatic carbocycles. The van der Waals surface area contributed by atoms with Crippen LogP contribution in [-0.4, -0.2) is 53.1 Å². The Morgan fingerprint density at radius 2 is 2.04 bits per heavy atom. The summed E-state index contributed by atoms with van der Waals surface area (Å²) in [7, 11) is 0. The number of piperidine rings is 1. The Morgan fingerprint density at radius 3 is 2.78 bits per heavy atom. The number of hydrogen-bond acceptors (Lipinski definition) is 4. The van der Waals surface area contributed by atoms with E-state index in [1.54, 1.807) is 29.2 Å². The molecule has 7 heteroatoms. The van der Waals surface area contributed by atoms with E-state index in [1.807, 2.05) is 0 Å². The number of carbonyl (C=O) groups excluding carboxylic acids is 2. The second kappa shape index (κ2) is 8.99. The predicted molar refractivity (Wildman–Crippen MR) is 99.6 cm³/mol. The first-order valence-corrected chi connectivity index (χ1v) is 9.60. The average molecular weight is 374 g/mol. The third-order valence-electron chi connectivity index (χ3n) is 5.18. The first-order valence-electron chi connectivity index (χ1n) is 9.60. The molecule has 0 aromatic heterocycles. The molecular weight excluding hydrogens is 348 g/mol. The van der Waals surface area contributed by atoms with Crippen LogP contribution >= 0.6 is 0 Å². The Bertz CT molecular complexity index is 699. The minimum Gasteiger partial charge on any atom is -0.481 e. The molecule has 0 saturated carbocycles. The quantitative estimate of drug-likeness (QED) is 0.798. The highest BCUT2D eigenvalue weighted by Crippen LogP contribution is 2.24. The zero-order valence-corrected chi connectivity index (χ0v) is 15.4. The van der Waals surface area contributed by atoms with Gasteiger partial charge in [-0.25, -0.2) is 0 Å². The number of hydrogen-bond donors (Lipinski definition) is 2. The van der Waals surface area contributed by atoms with Crippen molar-refractivity contribution in [3.8, 4) is 0 Å². The lowest BCUT2D eigenvalue weighted by Crippen LogP contribution is -2.44. The lowest BCUT2D eigenvalue weighted by atomic mass is 9.97. The van der Waals surface area contributed by atoms with Crippen LogP contribution in [0.1, 0.15) is 55.3 Å². The van der Waals surface area contributed by atoms with E-state index in [2.05, 4.69) is 5.32 Å². The van der Waals surface area contributed by atoms with Crippen molar-refractivity contribution in [2.75, 3.05) is 18.5 Å². The topological polar surface area (TPSA) is 95.9 Å². The monoisotopic (exact) mass is 374 g/mol. The Morgan fingerprint density at radius 1 is 1.19 bits per heavy atom. The highest BCUT2D eigenvalue weighted by atomic mass is 16.5. The zero-order valence-electron chi connectivity index (χ0n) is 15.4. The molecule has 2 fully saturated rings. The molecule has 0 bridgehead atoms. The number of anilines is 1. The van der Waals surface area contributed by atoms with Crippen LogP contribution in [0.5, 0.6) is 0 Å². The van der Waals surface area contributed by atoms with Crippen LogP contribution in [0.2, 0.25) is 0 Å². The summed E-state index contributed by atoms with van der Waals surface area (Å²) in [6.45, 7) is 1.24. The van der Waals surface area contributed by atoms with Gasteiger partial charge in [-0.1, -0.05) is 6.07 Å². The lowest BCUT2D eigenvalue weighted by Gasteiger charge is -2.35. The summed E-state index contributed by atoms with van der Waals surface area (Å²) >= 11 is 0. The average Bonchev–Trinajstić information content (AvgIpc) is 3.21. The highest BCUT2D eigenvalue weighted by molar-refractivity contribution is 5.98. The van der Waals surface area contributed by atoms with Crippen molar-refractivity contribution >= 4 is 23.5 Å². The van der Waals surface area contributed by atoms with E-state index < -0.39 is 12.1 Å². The number of ether oxygens (including phenoxy) is 1. The molecule has 2 unspecified atom stereocenters. The summed E-state index contributed by atoms with van der Waals surface area (Å²) in [6.07, 6.45) is 4.45. The van der Waals surface area contributed by atoms with Crippen LogP contribution in [0.15, 0.2) is 24.3 Å². The van der Waals surface area contributed by atoms with E-state index in [1.165, 1.54) is 0 Å². The number of carboxylic acids is 1. The number of carbonyl (C=O) groups is 3. The molecule has 3 rings (SSSR count). The van der Waals surface area contributed by atoms with Crippen molar-refractivity contribution in [2.24, 2.45) is 0 Å². The number of aliphatic carboxylic acids is 1. The van der Waals surface area contributed by atoms with Gasteiger partial charge in [-0.15, -0.1) is 0 Å². The van der Waals surface area contributed by atoms with Gasteiger partial charge in [0.1, 0.15) is 6.10 Å². The highest BCUT2D eigenvalue weighted by Gasteiger charge is 2.28. The number of likely N-dealkylation sites (tertiary alicyclic amines) is 1. The fourth-order valence-corrected chi connectivity index (χ4v) is 3.76. The van der Waals surface area contributed by atoms with E-state index >= 15 is 0 Å². The summed E-state index contributed by atoms with van der Waals surface area (Å²) in [5.74, 6) is -1.14. The van der Waals surface area contributed by atoms with Crippen LogP contribution in [-0.2, 0) is 14.3 Å². The van der Waals surface area contributed by atoms with Crippen molar-refractivity contribution in [3.05, 3.63) is 29.8 Å². The van der Waals surface area contributed by atoms with Gasteiger partial charge in [-0.3, -0.25) is 14.4 Å². The lowest BCUT2D eigenvalue weighted by molar-refractivity contribution is -0.137. The van der Waals surface area contributed by atoms with Crippen LogP contribution in [0.3, 0.4) is 0 Å². The van der Waals surface area contributed by atoms with Crippen molar-refractivity contribution in [3.63, 3.8) is 0 Å². The largest absolute Gasteiger partial charge is 0.481 e. The maximum Gasteiger partial charge on any atom is 0.303 e. The van der Waals surface area contributed by atoms with E-state index in [-0.39, 0.29) is 24.3 Å². The van der Waals surface area contributed by atoms with Gasteiger partial charge in [0, 0.05) is 36.9 Å². The van der Waals surface area contributed by atoms with Crippen LogP contribution in [0.25, 0.3) is 0 Å². The summed E-state index contributed by atoms with van der Waals surface area (Å²) < 4.78 is 5.38. The van der Waals surface area contributed by atoms with Crippen molar-refractivity contribution < 1.29 is 24.2 Å². The zero-order chi connectivity index (χ0) is 19.2. The first-order chi connectivity index (χ1) is 13.0. The Labute approximate surface area is 158 Å². The third-order valence-corrected chi connectivity index (χ3v) is 5.18. The summed E-state index contributed by atoms with van der Waals surface area (Å²) in [4.78, 5) is 37.9. The molecule has 0 spiro atoms. The minimum absolute atomic E-state index is 0.0486. The molecule has 146 valence electrons. The summed E-state index contributed by atoms with van der Waals surface area (Å²) in [5.41, 5.74) is 1.07. The van der Waals surface area contributed by atoms with Gasteiger partial charge in [0.15, 0.2) is 0 Å². The van der Waals surface area contributed by atoms with Gasteiger partial charge in [0.05, 0.1) is 0 Å². The molecule has 2 atom stereocenters. The fraction of sp³-hybridized carbons (Fsp3) is 0.550. The van der Waals surface area contributed by atoms with Gasteiger partial charge in [0.2, 0.25) is 0 Å². The first kappa shape index (κ1) is 19.4. The van der Waals surface area contributed by atoms with Crippen molar-refractivity contribution in [1.82, 2.24) is 4.90 Å². The summed E-state index contributed by atoms with van der Waals surface area (Å²) in [6, 6.07) is 6.86.